The molecule has 1 spiro atoms. The minimum Gasteiger partial charge on any atom is -0.356 e. The molecule has 3 aliphatic rings. The van der Waals surface area contributed by atoms with Gasteiger partial charge in [0.1, 0.15) is 5.82 Å². The van der Waals surface area contributed by atoms with Crippen molar-refractivity contribution in [2.45, 2.75) is 38.5 Å². The van der Waals surface area contributed by atoms with Crippen LogP contribution >= 0.6 is 0 Å². The van der Waals surface area contributed by atoms with Crippen molar-refractivity contribution >= 4 is 17.6 Å². The maximum atomic E-state index is 12.7. The van der Waals surface area contributed by atoms with Crippen LogP contribution < -0.4 is 10.2 Å². The number of nitrogens with zero attached hydrogens (tertiary/aromatic N) is 3. The fourth-order valence-corrected chi connectivity index (χ4v) is 4.39. The molecular formula is C19H26N4O2. The highest BCUT2D eigenvalue weighted by atomic mass is 16.2. The highest BCUT2D eigenvalue weighted by Gasteiger charge is 2.46. The number of pyridine rings is 1. The second-order valence-electron chi connectivity index (χ2n) is 7.57. The number of rotatable bonds is 2. The molecule has 25 heavy (non-hydrogen) atoms. The third kappa shape index (κ3) is 3.10. The van der Waals surface area contributed by atoms with Gasteiger partial charge in [0, 0.05) is 44.5 Å². The molecule has 4 heterocycles. The van der Waals surface area contributed by atoms with E-state index in [1.807, 2.05) is 11.0 Å². The summed E-state index contributed by atoms with van der Waals surface area (Å²) in [5.74, 6) is 1.10. The molecule has 0 radical (unpaired) electrons. The highest BCUT2D eigenvalue weighted by molar-refractivity contribution is 5.95. The molecule has 3 fully saturated rings. The summed E-state index contributed by atoms with van der Waals surface area (Å²) in [4.78, 5) is 33.7. The zero-order chi connectivity index (χ0) is 17.3. The molecule has 2 amide bonds. The van der Waals surface area contributed by atoms with E-state index in [1.165, 1.54) is 6.42 Å². The van der Waals surface area contributed by atoms with Gasteiger partial charge in [0.15, 0.2) is 0 Å². The molecule has 1 atom stereocenters. The number of carbonyl (C=O) groups excluding carboxylic acids is 2. The summed E-state index contributed by atoms with van der Waals surface area (Å²) in [5, 5.41) is 3.01. The second-order valence-corrected chi connectivity index (χ2v) is 7.57. The maximum Gasteiger partial charge on any atom is 0.254 e. The van der Waals surface area contributed by atoms with Gasteiger partial charge in [-0.25, -0.2) is 4.98 Å². The minimum atomic E-state index is -0.271. The van der Waals surface area contributed by atoms with Gasteiger partial charge in [-0.3, -0.25) is 9.59 Å². The summed E-state index contributed by atoms with van der Waals surface area (Å²) >= 11 is 0. The molecule has 3 saturated heterocycles. The molecule has 3 aliphatic heterocycles. The first kappa shape index (κ1) is 16.4. The first-order valence-corrected chi connectivity index (χ1v) is 9.47. The molecule has 6 nitrogen and oxygen atoms in total. The van der Waals surface area contributed by atoms with E-state index < -0.39 is 0 Å². The number of nitrogens with one attached hydrogen (secondary N) is 1. The normalized spacial score (nSPS) is 26.8. The van der Waals surface area contributed by atoms with Crippen molar-refractivity contribution in [3.05, 3.63) is 23.9 Å². The SMILES string of the molecule is O=C(c1ccnc(N2CC[C@@]3(CCCNC3=O)C2)c1)N1CCCCC1. The largest absolute Gasteiger partial charge is 0.356 e. The molecule has 1 aromatic heterocycles. The molecule has 0 bridgehead atoms. The fraction of sp³-hybridized carbons (Fsp3) is 0.632. The summed E-state index contributed by atoms with van der Waals surface area (Å²) in [6.07, 6.45) is 7.97. The fourth-order valence-electron chi connectivity index (χ4n) is 4.39. The van der Waals surface area contributed by atoms with Crippen molar-refractivity contribution in [3.63, 3.8) is 0 Å². The molecule has 0 saturated carbocycles. The van der Waals surface area contributed by atoms with Crippen LogP contribution in [0.2, 0.25) is 0 Å². The number of piperidine rings is 2. The Morgan fingerprint density at radius 3 is 2.76 bits per heavy atom. The first-order chi connectivity index (χ1) is 12.2. The Labute approximate surface area is 148 Å². The smallest absolute Gasteiger partial charge is 0.254 e. The van der Waals surface area contributed by atoms with Crippen LogP contribution in [0, 0.1) is 5.41 Å². The lowest BCUT2D eigenvalue weighted by Gasteiger charge is -2.32. The lowest BCUT2D eigenvalue weighted by molar-refractivity contribution is -0.132. The van der Waals surface area contributed by atoms with Gasteiger partial charge in [0.25, 0.3) is 5.91 Å². The van der Waals surface area contributed by atoms with Crippen LogP contribution in [-0.2, 0) is 4.79 Å². The van der Waals surface area contributed by atoms with Crippen molar-refractivity contribution in [3.8, 4) is 0 Å². The van der Waals surface area contributed by atoms with Gasteiger partial charge in [-0.2, -0.15) is 0 Å². The number of amides is 2. The average molecular weight is 342 g/mol. The van der Waals surface area contributed by atoms with Crippen LogP contribution in [0.15, 0.2) is 18.3 Å². The topological polar surface area (TPSA) is 65.5 Å². The number of likely N-dealkylation sites (tertiary alicyclic amines) is 1. The summed E-state index contributed by atoms with van der Waals surface area (Å²) in [7, 11) is 0. The number of carbonyl (C=O) groups is 2. The van der Waals surface area contributed by atoms with E-state index >= 15 is 0 Å². The molecule has 1 N–H and O–H groups in total. The van der Waals surface area contributed by atoms with E-state index in [9.17, 15) is 9.59 Å². The van der Waals surface area contributed by atoms with E-state index in [0.717, 1.165) is 64.1 Å². The molecule has 6 heteroatoms. The monoisotopic (exact) mass is 342 g/mol. The van der Waals surface area contributed by atoms with Crippen molar-refractivity contribution < 1.29 is 9.59 Å². The van der Waals surface area contributed by atoms with Crippen LogP contribution in [0.25, 0.3) is 0 Å². The summed E-state index contributed by atoms with van der Waals surface area (Å²) in [6, 6.07) is 3.70. The third-order valence-electron chi connectivity index (χ3n) is 5.91. The lowest BCUT2D eigenvalue weighted by Crippen LogP contribution is -2.47. The molecule has 134 valence electrons. The van der Waals surface area contributed by atoms with Gasteiger partial charge in [0.05, 0.1) is 5.41 Å². The number of anilines is 1. The number of hydrogen-bond acceptors (Lipinski definition) is 4. The molecular weight excluding hydrogens is 316 g/mol. The number of aromatic nitrogens is 1. The summed E-state index contributed by atoms with van der Waals surface area (Å²) < 4.78 is 0. The zero-order valence-electron chi connectivity index (χ0n) is 14.7. The number of hydrogen-bond donors (Lipinski definition) is 1. The molecule has 4 rings (SSSR count). The van der Waals surface area contributed by atoms with Crippen LogP contribution in [-0.4, -0.2) is 54.4 Å². The van der Waals surface area contributed by atoms with Crippen LogP contribution in [0.5, 0.6) is 0 Å². The Bertz CT molecular complexity index is 671. The van der Waals surface area contributed by atoms with Crippen LogP contribution in [0.1, 0.15) is 48.9 Å². The standard InChI is InChI=1S/C19H26N4O2/c24-17(22-10-2-1-3-11-22)15-5-9-20-16(13-15)23-12-7-19(14-23)6-4-8-21-18(19)25/h5,9,13H,1-4,6-8,10-12,14H2,(H,21,25)/t19-/m0/s1. The highest BCUT2D eigenvalue weighted by Crippen LogP contribution is 2.38. The van der Waals surface area contributed by atoms with Gasteiger partial charge >= 0.3 is 0 Å². The van der Waals surface area contributed by atoms with E-state index in [1.54, 1.807) is 12.3 Å². The predicted molar refractivity (Wildman–Crippen MR) is 95.5 cm³/mol. The van der Waals surface area contributed by atoms with Crippen molar-refractivity contribution in [1.82, 2.24) is 15.2 Å². The van der Waals surface area contributed by atoms with Crippen LogP contribution in [0.4, 0.5) is 5.82 Å². The van der Waals surface area contributed by atoms with Gasteiger partial charge in [0.2, 0.25) is 5.91 Å². The lowest BCUT2D eigenvalue weighted by atomic mass is 9.79. The molecule has 0 unspecified atom stereocenters. The van der Waals surface area contributed by atoms with Gasteiger partial charge < -0.3 is 15.1 Å². The minimum absolute atomic E-state index is 0.104. The Morgan fingerprint density at radius 1 is 1.12 bits per heavy atom. The molecule has 1 aromatic rings. The quantitative estimate of drug-likeness (QED) is 0.890. The summed E-state index contributed by atoms with van der Waals surface area (Å²) in [5.41, 5.74) is 0.438. The predicted octanol–water partition coefficient (Wildman–Crippen LogP) is 1.81. The molecule has 0 aliphatic carbocycles. The van der Waals surface area contributed by atoms with Crippen molar-refractivity contribution in [2.24, 2.45) is 5.41 Å². The second kappa shape index (κ2) is 6.65. The van der Waals surface area contributed by atoms with Gasteiger partial charge in [-0.05, 0) is 50.7 Å². The Morgan fingerprint density at radius 2 is 1.96 bits per heavy atom. The molecule has 0 aromatic carbocycles. The van der Waals surface area contributed by atoms with Crippen molar-refractivity contribution in [2.75, 3.05) is 37.6 Å². The van der Waals surface area contributed by atoms with E-state index in [4.69, 9.17) is 0 Å². The average Bonchev–Trinajstić information content (AvgIpc) is 3.10. The van der Waals surface area contributed by atoms with E-state index in [0.29, 0.717) is 12.1 Å². The van der Waals surface area contributed by atoms with Gasteiger partial charge in [-0.1, -0.05) is 0 Å². The van der Waals surface area contributed by atoms with E-state index in [-0.39, 0.29) is 17.2 Å². The van der Waals surface area contributed by atoms with Gasteiger partial charge in [-0.15, -0.1) is 0 Å². The maximum absolute atomic E-state index is 12.7. The third-order valence-corrected chi connectivity index (χ3v) is 5.91. The van der Waals surface area contributed by atoms with Crippen LogP contribution in [0.3, 0.4) is 0 Å². The summed E-state index contributed by atoms with van der Waals surface area (Å²) in [6.45, 7) is 4.01. The first-order valence-electron chi connectivity index (χ1n) is 9.47. The Kier molecular flexibility index (Phi) is 4.36. The Hall–Kier alpha value is -2.11. The van der Waals surface area contributed by atoms with Crippen molar-refractivity contribution in [1.29, 1.82) is 0 Å². The Balaban J connectivity index is 1.50. The zero-order valence-corrected chi connectivity index (χ0v) is 14.7. The van der Waals surface area contributed by atoms with E-state index in [2.05, 4.69) is 15.2 Å².